The molecule has 166 valence electrons. The van der Waals surface area contributed by atoms with Crippen molar-refractivity contribution in [1.29, 1.82) is 0 Å². The average Bonchev–Trinajstić information content (AvgIpc) is 2.85. The fraction of sp³-hybridized carbons (Fsp3) is 0.292. The minimum absolute atomic E-state index is 0.267. The Morgan fingerprint density at radius 2 is 1.97 bits per heavy atom. The average molecular weight is 434 g/mol. The summed E-state index contributed by atoms with van der Waals surface area (Å²) in [5.74, 6) is 1.30. The van der Waals surface area contributed by atoms with Crippen LogP contribution in [0, 0.1) is 0 Å². The number of anilines is 2. The molecular formula is C24H26N4O4. The highest BCUT2D eigenvalue weighted by molar-refractivity contribution is 6.04. The lowest BCUT2D eigenvalue weighted by atomic mass is 10.2. The summed E-state index contributed by atoms with van der Waals surface area (Å²) in [6.07, 6.45) is 5.23. The van der Waals surface area contributed by atoms with E-state index in [0.717, 1.165) is 24.3 Å². The standard InChI is InChI=1S/C24H26N4O4/c1-2-31-22-14-19(5-7-21(22)32-17-18-4-3-9-25-15-18)24(29)27-23-8-6-20(16-26-23)28-10-12-30-13-11-28/h3-9,14-16H,2,10-13,17H2,1H3,(H,26,27,29). The molecule has 0 atom stereocenters. The maximum Gasteiger partial charge on any atom is 0.256 e. The Morgan fingerprint density at radius 3 is 2.69 bits per heavy atom. The van der Waals surface area contributed by atoms with E-state index in [1.807, 2.05) is 25.1 Å². The normalized spacial score (nSPS) is 13.5. The maximum atomic E-state index is 12.8. The summed E-state index contributed by atoms with van der Waals surface area (Å²) in [5, 5.41) is 2.84. The molecule has 0 aliphatic carbocycles. The Morgan fingerprint density at radius 1 is 1.09 bits per heavy atom. The Hall–Kier alpha value is -3.65. The summed E-state index contributed by atoms with van der Waals surface area (Å²) in [5.41, 5.74) is 2.42. The molecule has 1 saturated heterocycles. The number of pyridine rings is 2. The van der Waals surface area contributed by atoms with Crippen LogP contribution in [0.5, 0.6) is 11.5 Å². The Balaban J connectivity index is 1.41. The number of aromatic nitrogens is 2. The van der Waals surface area contributed by atoms with Crippen molar-refractivity contribution in [2.24, 2.45) is 0 Å². The third kappa shape index (κ3) is 5.53. The highest BCUT2D eigenvalue weighted by Crippen LogP contribution is 2.29. The molecule has 8 nitrogen and oxygen atoms in total. The second-order valence-electron chi connectivity index (χ2n) is 7.20. The first kappa shape index (κ1) is 21.6. The molecule has 1 N–H and O–H groups in total. The second-order valence-corrected chi connectivity index (χ2v) is 7.20. The van der Waals surface area contributed by atoms with E-state index in [0.29, 0.717) is 49.3 Å². The van der Waals surface area contributed by atoms with Gasteiger partial charge in [-0.2, -0.15) is 0 Å². The SMILES string of the molecule is CCOc1cc(C(=O)Nc2ccc(N3CCOCC3)cn2)ccc1OCc1cccnc1. The first-order chi connectivity index (χ1) is 15.7. The van der Waals surface area contributed by atoms with E-state index in [1.165, 1.54) is 0 Å². The largest absolute Gasteiger partial charge is 0.490 e. The first-order valence-corrected chi connectivity index (χ1v) is 10.6. The summed E-state index contributed by atoms with van der Waals surface area (Å²) < 4.78 is 17.0. The molecule has 0 radical (unpaired) electrons. The highest BCUT2D eigenvalue weighted by Gasteiger charge is 2.14. The minimum atomic E-state index is -0.267. The van der Waals surface area contributed by atoms with Crippen molar-refractivity contribution in [1.82, 2.24) is 9.97 Å². The van der Waals surface area contributed by atoms with Crippen LogP contribution in [0.15, 0.2) is 61.1 Å². The maximum absolute atomic E-state index is 12.8. The van der Waals surface area contributed by atoms with Gasteiger partial charge in [0.05, 0.1) is 31.7 Å². The summed E-state index contributed by atoms with van der Waals surface area (Å²) in [7, 11) is 0. The summed E-state index contributed by atoms with van der Waals surface area (Å²) >= 11 is 0. The second kappa shape index (κ2) is 10.6. The summed E-state index contributed by atoms with van der Waals surface area (Å²) in [4.78, 5) is 23.4. The van der Waals surface area contributed by atoms with Gasteiger partial charge in [0.2, 0.25) is 0 Å². The number of nitrogens with one attached hydrogen (secondary N) is 1. The van der Waals surface area contributed by atoms with Crippen LogP contribution in [0.3, 0.4) is 0 Å². The van der Waals surface area contributed by atoms with E-state index in [4.69, 9.17) is 14.2 Å². The van der Waals surface area contributed by atoms with E-state index < -0.39 is 0 Å². The molecule has 0 spiro atoms. The molecule has 8 heteroatoms. The Labute approximate surface area is 187 Å². The number of ether oxygens (including phenoxy) is 3. The smallest absolute Gasteiger partial charge is 0.256 e. The number of amides is 1. The molecule has 0 unspecified atom stereocenters. The molecule has 3 heterocycles. The van der Waals surface area contributed by atoms with Gasteiger partial charge in [-0.3, -0.25) is 9.78 Å². The lowest BCUT2D eigenvalue weighted by Crippen LogP contribution is -2.36. The van der Waals surface area contributed by atoms with E-state index in [9.17, 15) is 4.79 Å². The number of rotatable bonds is 8. The third-order valence-electron chi connectivity index (χ3n) is 4.99. The van der Waals surface area contributed by atoms with Crippen LogP contribution in [0.4, 0.5) is 11.5 Å². The molecule has 1 amide bonds. The topological polar surface area (TPSA) is 85.8 Å². The lowest BCUT2D eigenvalue weighted by molar-refractivity contribution is 0.102. The first-order valence-electron chi connectivity index (χ1n) is 10.6. The monoisotopic (exact) mass is 434 g/mol. The lowest BCUT2D eigenvalue weighted by Gasteiger charge is -2.28. The van der Waals surface area contributed by atoms with Crippen LogP contribution >= 0.6 is 0 Å². The summed E-state index contributed by atoms with van der Waals surface area (Å²) in [6.45, 7) is 5.80. The van der Waals surface area contributed by atoms with Crippen molar-refractivity contribution in [3.63, 3.8) is 0 Å². The number of carbonyl (C=O) groups excluding carboxylic acids is 1. The number of benzene rings is 1. The van der Waals surface area contributed by atoms with Gasteiger partial charge in [-0.25, -0.2) is 4.98 Å². The van der Waals surface area contributed by atoms with E-state index >= 15 is 0 Å². The quantitative estimate of drug-likeness (QED) is 0.580. The van der Waals surface area contributed by atoms with Gasteiger partial charge in [0.25, 0.3) is 5.91 Å². The van der Waals surface area contributed by atoms with E-state index in [2.05, 4.69) is 20.2 Å². The van der Waals surface area contributed by atoms with Crippen LogP contribution in [0.1, 0.15) is 22.8 Å². The van der Waals surface area contributed by atoms with Crippen LogP contribution in [0.25, 0.3) is 0 Å². The van der Waals surface area contributed by atoms with Gasteiger partial charge in [-0.1, -0.05) is 6.07 Å². The molecule has 2 aromatic heterocycles. The van der Waals surface area contributed by atoms with Gasteiger partial charge in [-0.05, 0) is 43.3 Å². The highest BCUT2D eigenvalue weighted by atomic mass is 16.5. The van der Waals surface area contributed by atoms with Crippen molar-refractivity contribution < 1.29 is 19.0 Å². The van der Waals surface area contributed by atoms with Crippen LogP contribution < -0.4 is 19.7 Å². The minimum Gasteiger partial charge on any atom is -0.490 e. The fourth-order valence-corrected chi connectivity index (χ4v) is 3.34. The molecule has 0 bridgehead atoms. The van der Waals surface area contributed by atoms with Gasteiger partial charge in [0.1, 0.15) is 12.4 Å². The van der Waals surface area contributed by atoms with E-state index in [1.54, 1.807) is 42.9 Å². The molecule has 32 heavy (non-hydrogen) atoms. The molecule has 1 fully saturated rings. The predicted octanol–water partition coefficient (Wildman–Crippen LogP) is 3.54. The molecule has 1 aliphatic heterocycles. The van der Waals surface area contributed by atoms with Crippen molar-refractivity contribution in [3.05, 3.63) is 72.2 Å². The van der Waals surface area contributed by atoms with Crippen LogP contribution in [-0.2, 0) is 11.3 Å². The van der Waals surface area contributed by atoms with Gasteiger partial charge >= 0.3 is 0 Å². The molecule has 1 aromatic carbocycles. The summed E-state index contributed by atoms with van der Waals surface area (Å²) in [6, 6.07) is 12.7. The number of hydrogen-bond donors (Lipinski definition) is 1. The van der Waals surface area contributed by atoms with Crippen LogP contribution in [0.2, 0.25) is 0 Å². The number of nitrogens with zero attached hydrogens (tertiary/aromatic N) is 3. The zero-order chi connectivity index (χ0) is 22.2. The van der Waals surface area contributed by atoms with Crippen molar-refractivity contribution in [3.8, 4) is 11.5 Å². The van der Waals surface area contributed by atoms with Gasteiger partial charge in [0.15, 0.2) is 11.5 Å². The van der Waals surface area contributed by atoms with Crippen LogP contribution in [-0.4, -0.2) is 48.8 Å². The molecule has 1 aliphatic rings. The number of carbonyl (C=O) groups is 1. The van der Waals surface area contributed by atoms with Gasteiger partial charge < -0.3 is 24.4 Å². The zero-order valence-electron chi connectivity index (χ0n) is 18.0. The molecular weight excluding hydrogens is 408 g/mol. The van der Waals surface area contributed by atoms with Gasteiger partial charge in [0, 0.05) is 36.6 Å². The number of morpholine rings is 1. The van der Waals surface area contributed by atoms with Crippen molar-refractivity contribution in [2.45, 2.75) is 13.5 Å². The molecule has 0 saturated carbocycles. The fourth-order valence-electron chi connectivity index (χ4n) is 3.34. The molecule has 3 aromatic rings. The van der Waals surface area contributed by atoms with Crippen molar-refractivity contribution >= 4 is 17.4 Å². The Bertz CT molecular complexity index is 1020. The van der Waals surface area contributed by atoms with E-state index in [-0.39, 0.29) is 5.91 Å². The Kier molecular flexibility index (Phi) is 7.14. The third-order valence-corrected chi connectivity index (χ3v) is 4.99. The van der Waals surface area contributed by atoms with Gasteiger partial charge in [-0.15, -0.1) is 0 Å². The predicted molar refractivity (Wildman–Crippen MR) is 121 cm³/mol. The number of hydrogen-bond acceptors (Lipinski definition) is 7. The zero-order valence-corrected chi connectivity index (χ0v) is 18.0. The molecule has 4 rings (SSSR count). The van der Waals surface area contributed by atoms with Crippen molar-refractivity contribution in [2.75, 3.05) is 43.1 Å².